The van der Waals surface area contributed by atoms with Crippen LogP contribution in [0.1, 0.15) is 17.3 Å². The normalized spacial score (nSPS) is 15.1. The fourth-order valence-electron chi connectivity index (χ4n) is 3.21. The molecule has 0 N–H and O–H groups in total. The van der Waals surface area contributed by atoms with Gasteiger partial charge in [-0.25, -0.2) is 8.42 Å². The van der Waals surface area contributed by atoms with Crippen LogP contribution in [0.4, 0.5) is 0 Å². The number of carbonyl (C=O) groups is 1. The summed E-state index contributed by atoms with van der Waals surface area (Å²) in [5.41, 5.74) is 0.449. The summed E-state index contributed by atoms with van der Waals surface area (Å²) < 4.78 is 38.0. The van der Waals surface area contributed by atoms with Gasteiger partial charge in [0.15, 0.2) is 11.5 Å². The van der Waals surface area contributed by atoms with Crippen molar-refractivity contribution in [1.29, 1.82) is 0 Å². The van der Waals surface area contributed by atoms with Gasteiger partial charge in [-0.2, -0.15) is 4.31 Å². The lowest BCUT2D eigenvalue weighted by molar-refractivity contribution is 0.0697. The summed E-state index contributed by atoms with van der Waals surface area (Å²) in [5.74, 6) is 0.833. The monoisotopic (exact) mass is 472 g/mol. The van der Waals surface area contributed by atoms with E-state index < -0.39 is 10.0 Å². The molecular weight excluding hydrogens is 451 g/mol. The van der Waals surface area contributed by atoms with Gasteiger partial charge in [0.1, 0.15) is 4.90 Å². The second-order valence-electron chi connectivity index (χ2n) is 6.55. The highest BCUT2D eigenvalue weighted by Gasteiger charge is 2.32. The molecule has 1 fully saturated rings. The maximum atomic E-state index is 12.9. The zero-order valence-electron chi connectivity index (χ0n) is 16.6. The number of sulfonamides is 1. The summed E-state index contributed by atoms with van der Waals surface area (Å²) in [6.45, 7) is 3.17. The lowest BCUT2D eigenvalue weighted by Gasteiger charge is -2.34. The van der Waals surface area contributed by atoms with Gasteiger partial charge >= 0.3 is 0 Å². The maximum Gasteiger partial charge on any atom is 0.254 e. The first-order valence-corrected chi connectivity index (χ1v) is 11.5. The molecule has 3 rings (SSSR count). The lowest BCUT2D eigenvalue weighted by atomic mass is 10.1. The molecule has 0 unspecified atom stereocenters. The molecular formula is C20H22Cl2N2O5S. The quantitative estimate of drug-likeness (QED) is 0.642. The zero-order valence-corrected chi connectivity index (χ0v) is 18.9. The molecule has 0 aromatic heterocycles. The highest BCUT2D eigenvalue weighted by molar-refractivity contribution is 7.89. The minimum Gasteiger partial charge on any atom is -0.493 e. The molecule has 2 aromatic rings. The molecule has 1 aliphatic rings. The van der Waals surface area contributed by atoms with Crippen molar-refractivity contribution in [3.63, 3.8) is 0 Å². The smallest absolute Gasteiger partial charge is 0.254 e. The van der Waals surface area contributed by atoms with Crippen LogP contribution in [-0.2, 0) is 10.0 Å². The number of benzene rings is 2. The molecule has 30 heavy (non-hydrogen) atoms. The number of methoxy groups -OCH3 is 1. The fraction of sp³-hybridized carbons (Fsp3) is 0.350. The van der Waals surface area contributed by atoms with Crippen LogP contribution in [0.2, 0.25) is 10.0 Å². The number of carbonyl (C=O) groups excluding carboxylic acids is 1. The summed E-state index contributed by atoms with van der Waals surface area (Å²) >= 11 is 12.1. The Hall–Kier alpha value is -2.00. The maximum absolute atomic E-state index is 12.9. The molecule has 1 heterocycles. The summed E-state index contributed by atoms with van der Waals surface area (Å²) in [7, 11) is -2.30. The predicted octanol–water partition coefficient (Wildman–Crippen LogP) is 3.55. The summed E-state index contributed by atoms with van der Waals surface area (Å²) in [4.78, 5) is 14.5. The Morgan fingerprint density at radius 1 is 1.07 bits per heavy atom. The van der Waals surface area contributed by atoms with Crippen molar-refractivity contribution < 1.29 is 22.7 Å². The van der Waals surface area contributed by atoms with Crippen molar-refractivity contribution in [1.82, 2.24) is 9.21 Å². The van der Waals surface area contributed by atoms with E-state index in [4.69, 9.17) is 32.7 Å². The number of hydrogen-bond donors (Lipinski definition) is 0. The van der Waals surface area contributed by atoms with Crippen molar-refractivity contribution in [2.75, 3.05) is 39.9 Å². The van der Waals surface area contributed by atoms with Crippen LogP contribution in [0, 0.1) is 0 Å². The minimum absolute atomic E-state index is 0.000782. The topological polar surface area (TPSA) is 76.2 Å². The van der Waals surface area contributed by atoms with Crippen LogP contribution in [-0.4, -0.2) is 63.4 Å². The van der Waals surface area contributed by atoms with Gasteiger partial charge in [-0.3, -0.25) is 4.79 Å². The predicted molar refractivity (Wildman–Crippen MR) is 115 cm³/mol. The van der Waals surface area contributed by atoms with Crippen LogP contribution in [0.5, 0.6) is 11.5 Å². The first kappa shape index (κ1) is 22.7. The van der Waals surface area contributed by atoms with Crippen LogP contribution in [0.15, 0.2) is 41.3 Å². The van der Waals surface area contributed by atoms with Gasteiger partial charge in [-0.05, 0) is 37.3 Å². The molecule has 7 nitrogen and oxygen atoms in total. The third-order valence-electron chi connectivity index (χ3n) is 4.77. The van der Waals surface area contributed by atoms with Gasteiger partial charge < -0.3 is 14.4 Å². The van der Waals surface area contributed by atoms with E-state index in [1.165, 1.54) is 23.5 Å². The third-order valence-corrected chi connectivity index (χ3v) is 7.64. The second kappa shape index (κ2) is 9.43. The van der Waals surface area contributed by atoms with E-state index in [1.807, 2.05) is 6.92 Å². The number of nitrogens with zero attached hydrogens (tertiary/aromatic N) is 2. The Kier molecular flexibility index (Phi) is 7.13. The second-order valence-corrected chi connectivity index (χ2v) is 9.24. The van der Waals surface area contributed by atoms with Crippen molar-refractivity contribution in [2.24, 2.45) is 0 Å². The Morgan fingerprint density at radius 3 is 2.40 bits per heavy atom. The molecule has 0 saturated carbocycles. The highest BCUT2D eigenvalue weighted by Crippen LogP contribution is 2.32. The van der Waals surface area contributed by atoms with Gasteiger partial charge in [0.05, 0.1) is 23.8 Å². The molecule has 2 aromatic carbocycles. The molecule has 1 aliphatic heterocycles. The lowest BCUT2D eigenvalue weighted by Crippen LogP contribution is -2.50. The number of hydrogen-bond acceptors (Lipinski definition) is 5. The third kappa shape index (κ3) is 4.51. The van der Waals surface area contributed by atoms with Crippen LogP contribution >= 0.6 is 23.2 Å². The molecule has 1 amide bonds. The summed E-state index contributed by atoms with van der Waals surface area (Å²) in [6.07, 6.45) is 0. The Labute approximate surface area is 186 Å². The molecule has 0 spiro atoms. The number of amides is 1. The fourth-order valence-corrected chi connectivity index (χ4v) is 5.37. The average Bonchev–Trinajstić information content (AvgIpc) is 2.75. The van der Waals surface area contributed by atoms with E-state index in [2.05, 4.69) is 0 Å². The van der Waals surface area contributed by atoms with E-state index in [0.717, 1.165) is 0 Å². The van der Waals surface area contributed by atoms with Gasteiger partial charge in [0.2, 0.25) is 10.0 Å². The number of piperazine rings is 1. The van der Waals surface area contributed by atoms with E-state index in [-0.39, 0.29) is 47.0 Å². The van der Waals surface area contributed by atoms with Gasteiger partial charge in [0, 0.05) is 31.7 Å². The van der Waals surface area contributed by atoms with E-state index in [9.17, 15) is 13.2 Å². The molecule has 0 atom stereocenters. The number of halogens is 2. The molecule has 1 saturated heterocycles. The Bertz CT molecular complexity index is 1040. The standard InChI is InChI=1S/C20H22Cl2N2O5S/c1-3-29-16-8-7-14(13-17(16)28-2)20(25)23-9-11-24(12-10-23)30(26,27)18-6-4-5-15(21)19(18)22/h4-8,13H,3,9-12H2,1-2H3. The van der Waals surface area contributed by atoms with Crippen molar-refractivity contribution >= 4 is 39.1 Å². The van der Waals surface area contributed by atoms with Crippen molar-refractivity contribution in [2.45, 2.75) is 11.8 Å². The van der Waals surface area contributed by atoms with Gasteiger partial charge in [0.25, 0.3) is 5.91 Å². The number of ether oxygens (including phenoxy) is 2. The Morgan fingerprint density at radius 2 is 1.77 bits per heavy atom. The minimum atomic E-state index is -3.81. The summed E-state index contributed by atoms with van der Waals surface area (Å²) in [6, 6.07) is 9.49. The zero-order chi connectivity index (χ0) is 21.9. The first-order valence-electron chi connectivity index (χ1n) is 9.33. The average molecular weight is 473 g/mol. The molecule has 0 aliphatic carbocycles. The molecule has 0 bridgehead atoms. The van der Waals surface area contributed by atoms with Crippen LogP contribution in [0.25, 0.3) is 0 Å². The van der Waals surface area contributed by atoms with E-state index in [1.54, 1.807) is 29.2 Å². The van der Waals surface area contributed by atoms with Gasteiger partial charge in [-0.1, -0.05) is 29.3 Å². The van der Waals surface area contributed by atoms with E-state index in [0.29, 0.717) is 23.7 Å². The summed E-state index contributed by atoms with van der Waals surface area (Å²) in [5, 5.41) is 0.176. The molecule has 10 heteroatoms. The van der Waals surface area contributed by atoms with Crippen molar-refractivity contribution in [3.05, 3.63) is 52.0 Å². The highest BCUT2D eigenvalue weighted by atomic mass is 35.5. The van der Waals surface area contributed by atoms with E-state index >= 15 is 0 Å². The molecule has 162 valence electrons. The van der Waals surface area contributed by atoms with Crippen LogP contribution < -0.4 is 9.47 Å². The first-order chi connectivity index (χ1) is 14.3. The SMILES string of the molecule is CCOc1ccc(C(=O)N2CCN(S(=O)(=O)c3cccc(Cl)c3Cl)CC2)cc1OC. The largest absolute Gasteiger partial charge is 0.493 e. The number of rotatable bonds is 6. The van der Waals surface area contributed by atoms with Crippen molar-refractivity contribution in [3.8, 4) is 11.5 Å². The van der Waals surface area contributed by atoms with Crippen LogP contribution in [0.3, 0.4) is 0 Å². The molecule has 0 radical (unpaired) electrons. The van der Waals surface area contributed by atoms with Gasteiger partial charge in [-0.15, -0.1) is 0 Å². The Balaban J connectivity index is 1.72.